The summed E-state index contributed by atoms with van der Waals surface area (Å²) in [6.45, 7) is 1.86. The largest absolute Gasteiger partial charge is 0.495 e. The van der Waals surface area contributed by atoms with Gasteiger partial charge in [-0.05, 0) is 30.3 Å². The van der Waals surface area contributed by atoms with Crippen LogP contribution in [0.4, 0.5) is 5.69 Å². The molecule has 2 aliphatic rings. The molecule has 0 bridgehead atoms. The summed E-state index contributed by atoms with van der Waals surface area (Å²) in [4.78, 5) is 26.1. The van der Waals surface area contributed by atoms with Gasteiger partial charge in [0.1, 0.15) is 10.6 Å². The number of hydrogen-bond donors (Lipinski definition) is 0. The van der Waals surface area contributed by atoms with E-state index in [9.17, 15) is 26.4 Å². The number of hydrogen-bond acceptors (Lipinski definition) is 8. The Morgan fingerprint density at radius 1 is 1.15 bits per heavy atom. The van der Waals surface area contributed by atoms with Crippen LogP contribution in [0.15, 0.2) is 45.9 Å². The third-order valence-corrected chi connectivity index (χ3v) is 9.41. The highest BCUT2D eigenvalue weighted by Gasteiger charge is 2.43. The summed E-state index contributed by atoms with van der Waals surface area (Å²) in [6.07, 6.45) is 1.39. The van der Waals surface area contributed by atoms with Gasteiger partial charge in [-0.15, -0.1) is 0 Å². The Labute approximate surface area is 191 Å². The van der Waals surface area contributed by atoms with Crippen LogP contribution >= 0.6 is 0 Å². The third-order valence-electron chi connectivity index (χ3n) is 5.62. The number of carbonyl (C=O) groups is 2. The number of furan rings is 1. The van der Waals surface area contributed by atoms with E-state index in [1.165, 1.54) is 47.7 Å². The number of amides is 2. The minimum absolute atomic E-state index is 0.0185. The van der Waals surface area contributed by atoms with Crippen molar-refractivity contribution in [3.05, 3.63) is 42.4 Å². The molecule has 2 amide bonds. The lowest BCUT2D eigenvalue weighted by Gasteiger charge is -2.33. The first-order valence-corrected chi connectivity index (χ1v) is 13.2. The molecular weight excluding hydrogens is 474 g/mol. The number of rotatable bonds is 5. The highest BCUT2D eigenvalue weighted by molar-refractivity contribution is 7.94. The maximum absolute atomic E-state index is 13.4. The zero-order chi connectivity index (χ0) is 24.0. The first kappa shape index (κ1) is 23.3. The molecule has 11 nitrogen and oxygen atoms in total. The molecule has 2 aromatic rings. The van der Waals surface area contributed by atoms with Gasteiger partial charge in [0, 0.05) is 26.2 Å². The lowest BCUT2D eigenvalue weighted by molar-refractivity contribution is -0.119. The fourth-order valence-corrected chi connectivity index (χ4v) is 7.32. The number of ether oxygens (including phenoxy) is 1. The van der Waals surface area contributed by atoms with Crippen LogP contribution in [0.1, 0.15) is 17.5 Å². The SMILES string of the molecule is COc1ccc(N2C(=O)C(C)CS2(=O)=O)cc1S(=O)(=O)N1CCN(C(=O)c2ccco2)CC1. The van der Waals surface area contributed by atoms with Crippen molar-refractivity contribution in [2.24, 2.45) is 5.92 Å². The highest BCUT2D eigenvalue weighted by Crippen LogP contribution is 2.35. The Morgan fingerprint density at radius 2 is 1.85 bits per heavy atom. The fourth-order valence-electron chi connectivity index (χ4n) is 3.91. The lowest BCUT2D eigenvalue weighted by Crippen LogP contribution is -2.50. The predicted molar refractivity (Wildman–Crippen MR) is 117 cm³/mol. The molecule has 13 heteroatoms. The summed E-state index contributed by atoms with van der Waals surface area (Å²) >= 11 is 0. The van der Waals surface area contributed by atoms with E-state index in [-0.39, 0.29) is 59.9 Å². The number of benzene rings is 1. The second-order valence-electron chi connectivity index (χ2n) is 7.79. The van der Waals surface area contributed by atoms with Crippen LogP contribution in [-0.2, 0) is 24.8 Å². The molecule has 1 atom stereocenters. The van der Waals surface area contributed by atoms with Gasteiger partial charge in [0.2, 0.25) is 26.0 Å². The molecule has 0 N–H and O–H groups in total. The van der Waals surface area contributed by atoms with Crippen LogP contribution in [-0.4, -0.2) is 76.9 Å². The minimum atomic E-state index is -4.11. The van der Waals surface area contributed by atoms with Gasteiger partial charge in [-0.3, -0.25) is 9.59 Å². The van der Waals surface area contributed by atoms with Gasteiger partial charge in [0.25, 0.3) is 5.91 Å². The second kappa shape index (κ2) is 8.47. The molecule has 1 unspecified atom stereocenters. The van der Waals surface area contributed by atoms with E-state index < -0.39 is 31.9 Å². The molecule has 2 saturated heterocycles. The van der Waals surface area contributed by atoms with Crippen LogP contribution in [0.5, 0.6) is 5.75 Å². The third kappa shape index (κ3) is 4.11. The summed E-state index contributed by atoms with van der Waals surface area (Å²) in [5, 5.41) is 0. The number of anilines is 1. The average molecular weight is 498 g/mol. The molecule has 33 heavy (non-hydrogen) atoms. The number of nitrogens with zero attached hydrogens (tertiary/aromatic N) is 3. The standard InChI is InChI=1S/C20H23N3O8S2/c1-14-13-32(26,27)23(19(14)24)15-5-6-16(30-2)18(12-15)33(28,29)22-9-7-21(8-10-22)20(25)17-4-3-11-31-17/h3-6,11-12,14H,7-10,13H2,1-2H3. The van der Waals surface area contributed by atoms with Gasteiger partial charge in [-0.25, -0.2) is 21.1 Å². The predicted octanol–water partition coefficient (Wildman–Crippen LogP) is 0.747. The Morgan fingerprint density at radius 3 is 2.39 bits per heavy atom. The van der Waals surface area contributed by atoms with Crippen molar-refractivity contribution in [3.8, 4) is 5.75 Å². The zero-order valence-electron chi connectivity index (χ0n) is 18.0. The molecule has 1 aromatic heterocycles. The maximum Gasteiger partial charge on any atom is 0.289 e. The number of sulfonamides is 2. The van der Waals surface area contributed by atoms with E-state index in [1.54, 1.807) is 6.07 Å². The van der Waals surface area contributed by atoms with Crippen LogP contribution in [0.3, 0.4) is 0 Å². The van der Waals surface area contributed by atoms with E-state index in [1.807, 2.05) is 0 Å². The molecule has 0 spiro atoms. The van der Waals surface area contributed by atoms with E-state index >= 15 is 0 Å². The van der Waals surface area contributed by atoms with Crippen molar-refractivity contribution in [2.75, 3.05) is 43.3 Å². The molecule has 2 aliphatic heterocycles. The quantitative estimate of drug-likeness (QED) is 0.591. The van der Waals surface area contributed by atoms with Crippen LogP contribution < -0.4 is 9.04 Å². The van der Waals surface area contributed by atoms with Crippen molar-refractivity contribution in [1.82, 2.24) is 9.21 Å². The Hall–Kier alpha value is -2.90. The molecular formula is C20H23N3O8S2. The molecule has 178 valence electrons. The summed E-state index contributed by atoms with van der Waals surface area (Å²) in [5.74, 6) is -1.82. The Kier molecular flexibility index (Phi) is 5.97. The van der Waals surface area contributed by atoms with Crippen molar-refractivity contribution in [1.29, 1.82) is 0 Å². The number of piperazine rings is 1. The highest BCUT2D eigenvalue weighted by atomic mass is 32.2. The van der Waals surface area contributed by atoms with E-state index in [0.717, 1.165) is 6.07 Å². The summed E-state index contributed by atoms with van der Waals surface area (Å²) < 4.78 is 63.9. The molecule has 0 radical (unpaired) electrons. The maximum atomic E-state index is 13.4. The van der Waals surface area contributed by atoms with E-state index in [0.29, 0.717) is 4.31 Å². The first-order valence-electron chi connectivity index (χ1n) is 10.1. The van der Waals surface area contributed by atoms with Crippen LogP contribution in [0, 0.1) is 5.92 Å². The second-order valence-corrected chi connectivity index (χ2v) is 11.6. The van der Waals surface area contributed by atoms with Gasteiger partial charge in [0.05, 0.1) is 30.7 Å². The first-order chi connectivity index (χ1) is 15.6. The molecule has 0 saturated carbocycles. The fraction of sp³-hybridized carbons (Fsp3) is 0.400. The molecule has 2 fully saturated rings. The van der Waals surface area contributed by atoms with E-state index in [2.05, 4.69) is 0 Å². The summed E-state index contributed by atoms with van der Waals surface area (Å²) in [7, 11) is -6.72. The van der Waals surface area contributed by atoms with Gasteiger partial charge in [0.15, 0.2) is 5.76 Å². The number of carbonyl (C=O) groups excluding carboxylic acids is 2. The summed E-state index contributed by atoms with van der Waals surface area (Å²) in [5.41, 5.74) is -0.0599. The van der Waals surface area contributed by atoms with Crippen molar-refractivity contribution < 1.29 is 35.6 Å². The smallest absolute Gasteiger partial charge is 0.289 e. The van der Waals surface area contributed by atoms with Crippen molar-refractivity contribution in [3.63, 3.8) is 0 Å². The Balaban J connectivity index is 1.61. The molecule has 4 rings (SSSR count). The topological polar surface area (TPSA) is 135 Å². The van der Waals surface area contributed by atoms with Crippen LogP contribution in [0.25, 0.3) is 0 Å². The van der Waals surface area contributed by atoms with Crippen molar-refractivity contribution >= 4 is 37.5 Å². The molecule has 0 aliphatic carbocycles. The monoisotopic (exact) mass is 497 g/mol. The normalized spacial score (nSPS) is 21.4. The lowest BCUT2D eigenvalue weighted by atomic mass is 10.2. The molecule has 3 heterocycles. The minimum Gasteiger partial charge on any atom is -0.495 e. The summed E-state index contributed by atoms with van der Waals surface area (Å²) in [6, 6.07) is 6.94. The Bertz CT molecular complexity index is 1280. The van der Waals surface area contributed by atoms with Gasteiger partial charge >= 0.3 is 0 Å². The van der Waals surface area contributed by atoms with Gasteiger partial charge in [-0.2, -0.15) is 4.31 Å². The van der Waals surface area contributed by atoms with E-state index in [4.69, 9.17) is 9.15 Å². The average Bonchev–Trinajstić information content (AvgIpc) is 3.39. The zero-order valence-corrected chi connectivity index (χ0v) is 19.6. The van der Waals surface area contributed by atoms with Crippen LogP contribution in [0.2, 0.25) is 0 Å². The van der Waals surface area contributed by atoms with Gasteiger partial charge < -0.3 is 14.1 Å². The number of methoxy groups -OCH3 is 1. The molecule has 1 aromatic carbocycles. The van der Waals surface area contributed by atoms with Crippen molar-refractivity contribution in [2.45, 2.75) is 11.8 Å². The van der Waals surface area contributed by atoms with Gasteiger partial charge in [-0.1, -0.05) is 6.92 Å².